The topological polar surface area (TPSA) is 58.4 Å². The third kappa shape index (κ3) is 5.26. The van der Waals surface area contributed by atoms with E-state index in [1.54, 1.807) is 0 Å². The molecule has 21 heavy (non-hydrogen) atoms. The quantitative estimate of drug-likeness (QED) is 0.758. The van der Waals surface area contributed by atoms with Gasteiger partial charge in [0.05, 0.1) is 0 Å². The number of rotatable bonds is 7. The molecule has 0 radical (unpaired) electrons. The zero-order chi connectivity index (χ0) is 16.3. The first kappa shape index (κ1) is 18.4. The van der Waals surface area contributed by atoms with Gasteiger partial charge >= 0.3 is 0 Å². The smallest absolute Gasteiger partial charge is 0.238 e. The van der Waals surface area contributed by atoms with E-state index in [1.165, 1.54) is 0 Å². The Morgan fingerprint density at radius 2 is 2.05 bits per heavy atom. The van der Waals surface area contributed by atoms with Crippen LogP contribution in [0.3, 0.4) is 0 Å². The van der Waals surface area contributed by atoms with Gasteiger partial charge < -0.3 is 16.0 Å². The van der Waals surface area contributed by atoms with Crippen LogP contribution in [0, 0.1) is 11.3 Å². The Morgan fingerprint density at radius 1 is 1.43 bits per heavy atom. The molecular formula is C17H35N3O. The Hall–Kier alpha value is -0.610. The normalized spacial score (nSPS) is 26.8. The van der Waals surface area contributed by atoms with Crippen LogP contribution < -0.4 is 11.1 Å². The predicted molar refractivity (Wildman–Crippen MR) is 89.1 cm³/mol. The van der Waals surface area contributed by atoms with Gasteiger partial charge in [0.1, 0.15) is 5.54 Å². The highest BCUT2D eigenvalue weighted by Gasteiger charge is 2.47. The van der Waals surface area contributed by atoms with E-state index in [2.05, 4.69) is 51.9 Å². The number of carbonyl (C=O) groups is 1. The van der Waals surface area contributed by atoms with Gasteiger partial charge in [-0.15, -0.1) is 0 Å². The van der Waals surface area contributed by atoms with Crippen molar-refractivity contribution in [2.75, 3.05) is 20.1 Å². The summed E-state index contributed by atoms with van der Waals surface area (Å²) < 4.78 is 0. The summed E-state index contributed by atoms with van der Waals surface area (Å²) in [7, 11) is 2.17. The zero-order valence-electron chi connectivity index (χ0n) is 14.8. The monoisotopic (exact) mass is 297 g/mol. The molecule has 0 saturated heterocycles. The molecule has 0 heterocycles. The first-order chi connectivity index (χ1) is 9.57. The highest BCUT2D eigenvalue weighted by atomic mass is 16.1. The van der Waals surface area contributed by atoms with Crippen molar-refractivity contribution in [3.8, 4) is 0 Å². The van der Waals surface area contributed by atoms with Crippen LogP contribution in [0.5, 0.6) is 0 Å². The molecule has 0 spiro atoms. The molecule has 0 aliphatic heterocycles. The Bertz CT molecular complexity index is 348. The largest absolute Gasteiger partial charge is 0.368 e. The minimum Gasteiger partial charge on any atom is -0.368 e. The molecule has 0 aromatic heterocycles. The molecule has 1 fully saturated rings. The number of hydrogen-bond donors (Lipinski definition) is 2. The van der Waals surface area contributed by atoms with Gasteiger partial charge in [0.25, 0.3) is 0 Å². The molecule has 1 rings (SSSR count). The van der Waals surface area contributed by atoms with E-state index in [4.69, 9.17) is 5.73 Å². The predicted octanol–water partition coefficient (Wildman–Crippen LogP) is 2.38. The summed E-state index contributed by atoms with van der Waals surface area (Å²) in [5.74, 6) is 0.192. The molecule has 0 aromatic rings. The molecular weight excluding hydrogens is 262 g/mol. The van der Waals surface area contributed by atoms with Crippen LogP contribution in [-0.4, -0.2) is 42.5 Å². The molecule has 2 unspecified atom stereocenters. The van der Waals surface area contributed by atoms with Gasteiger partial charge in [0.2, 0.25) is 5.91 Å². The zero-order valence-corrected chi connectivity index (χ0v) is 14.8. The lowest BCUT2D eigenvalue weighted by Gasteiger charge is -2.36. The summed E-state index contributed by atoms with van der Waals surface area (Å²) in [6.07, 6.45) is 4.12. The van der Waals surface area contributed by atoms with Crippen LogP contribution in [-0.2, 0) is 4.79 Å². The summed E-state index contributed by atoms with van der Waals surface area (Å²) in [6, 6.07) is 0.283. The van der Waals surface area contributed by atoms with Crippen molar-refractivity contribution in [1.29, 1.82) is 0 Å². The van der Waals surface area contributed by atoms with E-state index in [9.17, 15) is 4.79 Å². The average Bonchev–Trinajstić information content (AvgIpc) is 2.67. The standard InChI is InChI=1S/C17H35N3O/c1-13(2)19-17(15(18)21)10-7-8-14(17)9-11-20(6)12-16(3,4)5/h13-14,19H,7-12H2,1-6H3,(H2,18,21). The Balaban J connectivity index is 2.65. The van der Waals surface area contributed by atoms with Crippen molar-refractivity contribution in [2.45, 2.75) is 71.9 Å². The van der Waals surface area contributed by atoms with Crippen molar-refractivity contribution >= 4 is 5.91 Å². The highest BCUT2D eigenvalue weighted by Crippen LogP contribution is 2.38. The van der Waals surface area contributed by atoms with Gasteiger partial charge in [0, 0.05) is 12.6 Å². The summed E-state index contributed by atoms with van der Waals surface area (Å²) in [5, 5.41) is 3.48. The summed E-state index contributed by atoms with van der Waals surface area (Å²) >= 11 is 0. The Morgan fingerprint density at radius 3 is 2.52 bits per heavy atom. The minimum atomic E-state index is -0.489. The van der Waals surface area contributed by atoms with Gasteiger partial charge in [-0.05, 0) is 58.0 Å². The first-order valence-corrected chi connectivity index (χ1v) is 8.33. The lowest BCUT2D eigenvalue weighted by Crippen LogP contribution is -2.60. The number of amides is 1. The molecule has 1 amide bonds. The van der Waals surface area contributed by atoms with E-state index >= 15 is 0 Å². The van der Waals surface area contributed by atoms with Crippen molar-refractivity contribution < 1.29 is 4.79 Å². The number of hydrogen-bond acceptors (Lipinski definition) is 3. The number of nitrogens with one attached hydrogen (secondary N) is 1. The van der Waals surface area contributed by atoms with Crippen LogP contribution >= 0.6 is 0 Å². The second-order valence-corrected chi connectivity index (χ2v) is 8.31. The highest BCUT2D eigenvalue weighted by molar-refractivity contribution is 5.85. The second kappa shape index (κ2) is 7.10. The molecule has 3 N–H and O–H groups in total. The lowest BCUT2D eigenvalue weighted by atomic mass is 9.83. The number of nitrogens with zero attached hydrogens (tertiary/aromatic N) is 1. The van der Waals surface area contributed by atoms with Crippen LogP contribution in [0.15, 0.2) is 0 Å². The molecule has 1 aliphatic rings. The van der Waals surface area contributed by atoms with Crippen LogP contribution in [0.4, 0.5) is 0 Å². The summed E-state index contributed by atoms with van der Waals surface area (Å²) in [6.45, 7) is 13.0. The van der Waals surface area contributed by atoms with Crippen LogP contribution in [0.2, 0.25) is 0 Å². The number of nitrogens with two attached hydrogens (primary N) is 1. The minimum absolute atomic E-state index is 0.169. The number of carbonyl (C=O) groups excluding carboxylic acids is 1. The van der Waals surface area contributed by atoms with Crippen molar-refractivity contribution in [3.05, 3.63) is 0 Å². The van der Waals surface area contributed by atoms with Crippen LogP contribution in [0.1, 0.15) is 60.3 Å². The maximum Gasteiger partial charge on any atom is 0.238 e. The number of primary amides is 1. The van der Waals surface area contributed by atoms with Crippen molar-refractivity contribution in [1.82, 2.24) is 10.2 Å². The van der Waals surface area contributed by atoms with E-state index < -0.39 is 5.54 Å². The summed E-state index contributed by atoms with van der Waals surface area (Å²) in [4.78, 5) is 14.5. The van der Waals surface area contributed by atoms with Crippen molar-refractivity contribution in [2.24, 2.45) is 17.1 Å². The SMILES string of the molecule is CC(C)NC1(C(N)=O)CCCC1CCN(C)CC(C)(C)C. The van der Waals surface area contributed by atoms with Gasteiger partial charge in [-0.3, -0.25) is 4.79 Å². The van der Waals surface area contributed by atoms with Gasteiger partial charge in [0.15, 0.2) is 0 Å². The molecule has 4 nitrogen and oxygen atoms in total. The van der Waals surface area contributed by atoms with E-state index in [0.29, 0.717) is 11.3 Å². The molecule has 1 saturated carbocycles. The molecule has 4 heteroatoms. The van der Waals surface area contributed by atoms with Gasteiger partial charge in [-0.25, -0.2) is 0 Å². The molecule has 0 bridgehead atoms. The molecule has 0 aromatic carbocycles. The molecule has 124 valence electrons. The van der Waals surface area contributed by atoms with E-state index in [1.807, 2.05) is 0 Å². The van der Waals surface area contributed by atoms with Gasteiger partial charge in [-0.2, -0.15) is 0 Å². The first-order valence-electron chi connectivity index (χ1n) is 8.33. The average molecular weight is 297 g/mol. The van der Waals surface area contributed by atoms with E-state index in [-0.39, 0.29) is 11.9 Å². The second-order valence-electron chi connectivity index (χ2n) is 8.31. The fourth-order valence-corrected chi connectivity index (χ4v) is 3.83. The van der Waals surface area contributed by atoms with Crippen molar-refractivity contribution in [3.63, 3.8) is 0 Å². The van der Waals surface area contributed by atoms with Crippen LogP contribution in [0.25, 0.3) is 0 Å². The Labute approximate surface area is 130 Å². The van der Waals surface area contributed by atoms with E-state index in [0.717, 1.165) is 38.8 Å². The fraction of sp³-hybridized carbons (Fsp3) is 0.941. The third-order valence-corrected chi connectivity index (χ3v) is 4.41. The summed E-state index contributed by atoms with van der Waals surface area (Å²) in [5.41, 5.74) is 5.58. The fourth-order valence-electron chi connectivity index (χ4n) is 3.83. The Kier molecular flexibility index (Phi) is 6.23. The lowest BCUT2D eigenvalue weighted by molar-refractivity contribution is -0.126. The maximum absolute atomic E-state index is 12.1. The van der Waals surface area contributed by atoms with Gasteiger partial charge in [-0.1, -0.05) is 27.2 Å². The molecule has 1 aliphatic carbocycles. The molecule has 2 atom stereocenters. The maximum atomic E-state index is 12.1. The third-order valence-electron chi connectivity index (χ3n) is 4.41.